The summed E-state index contributed by atoms with van der Waals surface area (Å²) >= 11 is 0. The van der Waals surface area contributed by atoms with Crippen LogP contribution in [0.15, 0.2) is 24.3 Å². The van der Waals surface area contributed by atoms with E-state index >= 15 is 0 Å². The van der Waals surface area contributed by atoms with Crippen LogP contribution in [0.3, 0.4) is 0 Å². The number of rotatable bonds is 4. The standard InChI is InChI=1S/C15H22O2/c1-11(2)9-16-13-7-5-12(6-8-13)14-15(3,4)10-17-14/h5-8,11,14H,9-10H2,1-4H3. The highest BCUT2D eigenvalue weighted by molar-refractivity contribution is 5.30. The third-order valence-electron chi connectivity index (χ3n) is 3.10. The molecule has 0 bridgehead atoms. The highest BCUT2D eigenvalue weighted by atomic mass is 16.5. The molecule has 1 aromatic rings. The average Bonchev–Trinajstić information content (AvgIpc) is 2.27. The van der Waals surface area contributed by atoms with Gasteiger partial charge in [0.15, 0.2) is 0 Å². The topological polar surface area (TPSA) is 18.5 Å². The molecule has 2 rings (SSSR count). The van der Waals surface area contributed by atoms with E-state index in [0.717, 1.165) is 19.0 Å². The second kappa shape index (κ2) is 4.69. The highest BCUT2D eigenvalue weighted by Gasteiger charge is 2.40. The first kappa shape index (κ1) is 12.4. The Bertz CT molecular complexity index is 365. The van der Waals surface area contributed by atoms with Gasteiger partial charge in [0.2, 0.25) is 0 Å². The molecule has 1 aliphatic rings. The Hall–Kier alpha value is -1.02. The fourth-order valence-corrected chi connectivity index (χ4v) is 2.05. The molecule has 0 aromatic heterocycles. The van der Waals surface area contributed by atoms with E-state index < -0.39 is 0 Å². The minimum Gasteiger partial charge on any atom is -0.493 e. The van der Waals surface area contributed by atoms with Crippen molar-refractivity contribution in [2.75, 3.05) is 13.2 Å². The van der Waals surface area contributed by atoms with Gasteiger partial charge in [0.05, 0.1) is 19.3 Å². The number of hydrogen-bond donors (Lipinski definition) is 0. The Morgan fingerprint density at radius 3 is 2.35 bits per heavy atom. The zero-order valence-corrected chi connectivity index (χ0v) is 11.2. The maximum atomic E-state index is 5.66. The fourth-order valence-electron chi connectivity index (χ4n) is 2.05. The Morgan fingerprint density at radius 1 is 1.29 bits per heavy atom. The Kier molecular flexibility index (Phi) is 3.43. The van der Waals surface area contributed by atoms with Crippen molar-refractivity contribution in [1.82, 2.24) is 0 Å². The first-order valence-electron chi connectivity index (χ1n) is 6.33. The first-order valence-corrected chi connectivity index (χ1v) is 6.33. The van der Waals surface area contributed by atoms with Gasteiger partial charge in [-0.3, -0.25) is 0 Å². The van der Waals surface area contributed by atoms with Gasteiger partial charge < -0.3 is 9.47 Å². The Balaban J connectivity index is 1.98. The van der Waals surface area contributed by atoms with Gasteiger partial charge in [-0.2, -0.15) is 0 Å². The summed E-state index contributed by atoms with van der Waals surface area (Å²) in [5.74, 6) is 1.50. The van der Waals surface area contributed by atoms with Gasteiger partial charge >= 0.3 is 0 Å². The zero-order chi connectivity index (χ0) is 12.5. The van der Waals surface area contributed by atoms with Gasteiger partial charge in [-0.25, -0.2) is 0 Å². The lowest BCUT2D eigenvalue weighted by Crippen LogP contribution is -2.40. The molecule has 1 aromatic carbocycles. The van der Waals surface area contributed by atoms with Crippen LogP contribution < -0.4 is 4.74 Å². The van der Waals surface area contributed by atoms with Crippen LogP contribution in [0.1, 0.15) is 39.4 Å². The van der Waals surface area contributed by atoms with E-state index in [4.69, 9.17) is 9.47 Å². The molecule has 1 atom stereocenters. The summed E-state index contributed by atoms with van der Waals surface area (Å²) in [6, 6.07) is 8.30. The second-order valence-electron chi connectivity index (χ2n) is 5.95. The quantitative estimate of drug-likeness (QED) is 0.788. The summed E-state index contributed by atoms with van der Waals surface area (Å²) in [7, 11) is 0. The van der Waals surface area contributed by atoms with Crippen LogP contribution in [0, 0.1) is 11.3 Å². The molecule has 2 nitrogen and oxygen atoms in total. The molecule has 0 spiro atoms. The van der Waals surface area contributed by atoms with Crippen molar-refractivity contribution in [3.63, 3.8) is 0 Å². The van der Waals surface area contributed by atoms with Crippen LogP contribution >= 0.6 is 0 Å². The van der Waals surface area contributed by atoms with Crippen molar-refractivity contribution in [3.8, 4) is 5.75 Å². The van der Waals surface area contributed by atoms with Crippen molar-refractivity contribution in [1.29, 1.82) is 0 Å². The summed E-state index contributed by atoms with van der Waals surface area (Å²) < 4.78 is 11.3. The molecule has 1 saturated heterocycles. The van der Waals surface area contributed by atoms with Crippen LogP contribution in [-0.2, 0) is 4.74 Å². The predicted molar refractivity (Wildman–Crippen MR) is 69.2 cm³/mol. The molecule has 0 N–H and O–H groups in total. The minimum absolute atomic E-state index is 0.238. The normalized spacial score (nSPS) is 22.3. The first-order chi connectivity index (χ1) is 7.99. The van der Waals surface area contributed by atoms with Crippen molar-refractivity contribution in [2.24, 2.45) is 11.3 Å². The monoisotopic (exact) mass is 234 g/mol. The van der Waals surface area contributed by atoms with Crippen LogP contribution in [0.5, 0.6) is 5.75 Å². The molecule has 1 heterocycles. The SMILES string of the molecule is CC(C)COc1ccc(C2OCC2(C)C)cc1. The maximum absolute atomic E-state index is 5.66. The predicted octanol–water partition coefficient (Wildman–Crippen LogP) is 3.82. The third-order valence-corrected chi connectivity index (χ3v) is 3.10. The number of ether oxygens (including phenoxy) is 2. The molecule has 1 aliphatic heterocycles. The summed E-state index contributed by atoms with van der Waals surface area (Å²) in [4.78, 5) is 0. The molecular weight excluding hydrogens is 212 g/mol. The molecule has 2 heteroatoms. The molecule has 1 unspecified atom stereocenters. The molecule has 94 valence electrons. The van der Waals surface area contributed by atoms with Crippen LogP contribution in [0.2, 0.25) is 0 Å². The second-order valence-corrected chi connectivity index (χ2v) is 5.95. The minimum atomic E-state index is 0.238. The summed E-state index contributed by atoms with van der Waals surface area (Å²) in [6.07, 6.45) is 0.238. The van der Waals surface area contributed by atoms with Crippen LogP contribution in [-0.4, -0.2) is 13.2 Å². The van der Waals surface area contributed by atoms with E-state index in [1.807, 2.05) is 12.1 Å². The van der Waals surface area contributed by atoms with Crippen LogP contribution in [0.4, 0.5) is 0 Å². The van der Waals surface area contributed by atoms with E-state index in [9.17, 15) is 0 Å². The van der Waals surface area contributed by atoms with Gasteiger partial charge in [-0.1, -0.05) is 39.8 Å². The smallest absolute Gasteiger partial charge is 0.119 e. The van der Waals surface area contributed by atoms with E-state index in [2.05, 4.69) is 39.8 Å². The molecule has 17 heavy (non-hydrogen) atoms. The van der Waals surface area contributed by atoms with E-state index in [0.29, 0.717) is 5.92 Å². The molecule has 0 saturated carbocycles. The summed E-state index contributed by atoms with van der Waals surface area (Å²) in [5.41, 5.74) is 1.51. The molecule has 0 aliphatic carbocycles. The van der Waals surface area contributed by atoms with Gasteiger partial charge in [0.1, 0.15) is 5.75 Å². The lowest BCUT2D eigenvalue weighted by Gasteiger charge is -2.44. The summed E-state index contributed by atoms with van der Waals surface area (Å²) in [6.45, 7) is 10.4. The maximum Gasteiger partial charge on any atom is 0.119 e. The average molecular weight is 234 g/mol. The lowest BCUT2D eigenvalue weighted by atomic mass is 9.79. The van der Waals surface area contributed by atoms with Gasteiger partial charge in [-0.15, -0.1) is 0 Å². The van der Waals surface area contributed by atoms with Crippen molar-refractivity contribution < 1.29 is 9.47 Å². The zero-order valence-electron chi connectivity index (χ0n) is 11.2. The van der Waals surface area contributed by atoms with E-state index in [1.165, 1.54) is 5.56 Å². The van der Waals surface area contributed by atoms with Crippen molar-refractivity contribution in [3.05, 3.63) is 29.8 Å². The molecule has 0 amide bonds. The van der Waals surface area contributed by atoms with Gasteiger partial charge in [0.25, 0.3) is 0 Å². The van der Waals surface area contributed by atoms with Gasteiger partial charge in [-0.05, 0) is 23.6 Å². The summed E-state index contributed by atoms with van der Waals surface area (Å²) in [5, 5.41) is 0. The largest absolute Gasteiger partial charge is 0.493 e. The number of hydrogen-bond acceptors (Lipinski definition) is 2. The van der Waals surface area contributed by atoms with Crippen molar-refractivity contribution >= 4 is 0 Å². The number of benzene rings is 1. The van der Waals surface area contributed by atoms with E-state index in [-0.39, 0.29) is 11.5 Å². The van der Waals surface area contributed by atoms with Crippen LogP contribution in [0.25, 0.3) is 0 Å². The highest BCUT2D eigenvalue weighted by Crippen LogP contribution is 2.45. The Morgan fingerprint density at radius 2 is 1.94 bits per heavy atom. The third kappa shape index (κ3) is 2.81. The molecule has 1 fully saturated rings. The van der Waals surface area contributed by atoms with Crippen molar-refractivity contribution in [2.45, 2.75) is 33.8 Å². The lowest BCUT2D eigenvalue weighted by molar-refractivity contribution is -0.172. The van der Waals surface area contributed by atoms with Gasteiger partial charge in [0, 0.05) is 5.41 Å². The molecular formula is C15H22O2. The fraction of sp³-hybridized carbons (Fsp3) is 0.600. The van der Waals surface area contributed by atoms with E-state index in [1.54, 1.807) is 0 Å². The molecule has 0 radical (unpaired) electrons. The Labute approximate surface area is 104 Å².